The molecule has 3 heterocycles. The molecule has 0 amide bonds. The highest BCUT2D eigenvalue weighted by molar-refractivity contribution is 5.85. The topological polar surface area (TPSA) is 74.6 Å². The molecule has 3 aliphatic heterocycles. The number of amidine groups is 1. The fraction of sp³-hybridized carbons (Fsp3) is 0.667. The van der Waals surface area contributed by atoms with Gasteiger partial charge in [-0.1, -0.05) is 17.3 Å². The second kappa shape index (κ2) is 7.69. The maximum atomic E-state index is 11.5. The van der Waals surface area contributed by atoms with E-state index in [4.69, 9.17) is 9.57 Å². The molecule has 7 heteroatoms. The van der Waals surface area contributed by atoms with Crippen LogP contribution in [0.15, 0.2) is 23.4 Å². The number of rotatable bonds is 6. The van der Waals surface area contributed by atoms with Crippen molar-refractivity contribution in [3.05, 3.63) is 29.3 Å². The quantitative estimate of drug-likeness (QED) is 0.750. The lowest BCUT2D eigenvalue weighted by molar-refractivity contribution is -0.150. The first-order valence-electron chi connectivity index (χ1n) is 11.6. The highest BCUT2D eigenvalue weighted by atomic mass is 16.7. The van der Waals surface area contributed by atoms with Crippen molar-refractivity contribution in [2.75, 3.05) is 32.8 Å². The Bertz CT molecular complexity index is 881. The Labute approximate surface area is 184 Å². The van der Waals surface area contributed by atoms with Gasteiger partial charge in [0.15, 0.2) is 5.60 Å². The van der Waals surface area contributed by atoms with Gasteiger partial charge in [0, 0.05) is 38.3 Å². The summed E-state index contributed by atoms with van der Waals surface area (Å²) in [6.45, 7) is 8.61. The summed E-state index contributed by atoms with van der Waals surface area (Å²) in [6, 6.07) is 6.69. The van der Waals surface area contributed by atoms with E-state index in [0.717, 1.165) is 56.6 Å². The van der Waals surface area contributed by atoms with E-state index in [-0.39, 0.29) is 5.60 Å². The van der Waals surface area contributed by atoms with Gasteiger partial charge in [0.1, 0.15) is 11.6 Å². The van der Waals surface area contributed by atoms with Crippen molar-refractivity contribution in [2.24, 2.45) is 10.6 Å². The van der Waals surface area contributed by atoms with Crippen LogP contribution in [-0.2, 0) is 16.2 Å². The second-order valence-electron chi connectivity index (χ2n) is 10.0. The molecule has 0 atom stereocenters. The van der Waals surface area contributed by atoms with Gasteiger partial charge in [-0.15, -0.1) is 0 Å². The molecule has 3 fully saturated rings. The smallest absolute Gasteiger partial charge is 0.309 e. The Kier molecular flexibility index (Phi) is 5.12. The summed E-state index contributed by atoms with van der Waals surface area (Å²) in [6.07, 6.45) is 4.72. The van der Waals surface area contributed by atoms with E-state index in [1.165, 1.54) is 24.0 Å². The van der Waals surface area contributed by atoms with Gasteiger partial charge >= 0.3 is 5.97 Å². The lowest BCUT2D eigenvalue weighted by Gasteiger charge is -2.46. The number of nitrogens with zero attached hydrogens (tertiary/aromatic N) is 3. The molecule has 0 unspecified atom stereocenters. The van der Waals surface area contributed by atoms with Crippen molar-refractivity contribution >= 4 is 11.8 Å². The highest BCUT2D eigenvalue weighted by Crippen LogP contribution is 2.42. The summed E-state index contributed by atoms with van der Waals surface area (Å²) in [7, 11) is 0. The van der Waals surface area contributed by atoms with E-state index < -0.39 is 11.4 Å². The number of carboxylic acids is 1. The predicted octanol–water partition coefficient (Wildman–Crippen LogP) is 3.44. The third kappa shape index (κ3) is 4.00. The van der Waals surface area contributed by atoms with Crippen LogP contribution in [0.5, 0.6) is 5.75 Å². The van der Waals surface area contributed by atoms with Gasteiger partial charge in [-0.3, -0.25) is 9.69 Å². The fourth-order valence-corrected chi connectivity index (χ4v) is 5.12. The van der Waals surface area contributed by atoms with Crippen molar-refractivity contribution in [1.29, 1.82) is 0 Å². The van der Waals surface area contributed by atoms with Gasteiger partial charge in [0.05, 0.1) is 18.4 Å². The minimum atomic E-state index is -0.694. The zero-order valence-corrected chi connectivity index (χ0v) is 18.6. The Morgan fingerprint density at radius 3 is 2.68 bits per heavy atom. The monoisotopic (exact) mass is 427 g/mol. The van der Waals surface area contributed by atoms with Crippen molar-refractivity contribution in [3.8, 4) is 5.75 Å². The molecular formula is C24H33N3O4. The van der Waals surface area contributed by atoms with Gasteiger partial charge < -0.3 is 19.6 Å². The average Bonchev–Trinajstić information content (AvgIpc) is 3.48. The molecule has 2 saturated heterocycles. The molecule has 4 aliphatic rings. The minimum absolute atomic E-state index is 0.219. The van der Waals surface area contributed by atoms with Crippen LogP contribution < -0.4 is 4.74 Å². The number of aliphatic carboxylic acids is 1. The zero-order chi connectivity index (χ0) is 21.6. The predicted molar refractivity (Wildman–Crippen MR) is 117 cm³/mol. The van der Waals surface area contributed by atoms with Crippen LogP contribution >= 0.6 is 0 Å². The van der Waals surface area contributed by atoms with Crippen LogP contribution in [0.2, 0.25) is 0 Å². The molecule has 5 rings (SSSR count). The van der Waals surface area contributed by atoms with E-state index in [2.05, 4.69) is 33.2 Å². The van der Waals surface area contributed by atoms with Crippen LogP contribution in [0, 0.1) is 5.41 Å². The zero-order valence-electron chi connectivity index (χ0n) is 18.6. The molecule has 168 valence electrons. The molecule has 0 aromatic heterocycles. The van der Waals surface area contributed by atoms with Gasteiger partial charge in [0.2, 0.25) is 0 Å². The number of hydrogen-bond acceptors (Lipinski definition) is 6. The van der Waals surface area contributed by atoms with E-state index in [1.54, 1.807) is 0 Å². The lowest BCUT2D eigenvalue weighted by Crippen LogP contribution is -2.61. The fourth-order valence-electron chi connectivity index (χ4n) is 5.12. The standard InChI is InChI=1S/C24H33N3O4/c1-3-30-20-7-6-18(17-4-5-17)12-19(20)14-26-15-24(16-26)13-21(25-31-24)27-10-8-23(2,9-11-27)22(28)29/h6-7,12,17H,3-5,8-11,13-16H2,1-2H3,(H,28,29). The summed E-state index contributed by atoms with van der Waals surface area (Å²) in [5.41, 5.74) is 1.87. The summed E-state index contributed by atoms with van der Waals surface area (Å²) in [5, 5.41) is 13.9. The molecule has 1 aromatic carbocycles. The summed E-state index contributed by atoms with van der Waals surface area (Å²) < 4.78 is 5.88. The van der Waals surface area contributed by atoms with Gasteiger partial charge in [-0.25, -0.2) is 0 Å². The number of likely N-dealkylation sites (tertiary alicyclic amines) is 2. The first kappa shape index (κ1) is 20.6. The van der Waals surface area contributed by atoms with Crippen molar-refractivity contribution in [1.82, 2.24) is 9.80 Å². The molecule has 1 aromatic rings. The molecule has 1 spiro atoms. The number of carboxylic acid groups (broad SMARTS) is 1. The number of carbonyl (C=O) groups is 1. The van der Waals surface area contributed by atoms with E-state index in [9.17, 15) is 9.90 Å². The number of hydrogen-bond donors (Lipinski definition) is 1. The first-order chi connectivity index (χ1) is 14.9. The van der Waals surface area contributed by atoms with Crippen LogP contribution in [0.1, 0.15) is 63.0 Å². The Hall–Kier alpha value is -2.28. The van der Waals surface area contributed by atoms with Gasteiger partial charge in [-0.05, 0) is 57.1 Å². The van der Waals surface area contributed by atoms with Crippen molar-refractivity contribution in [2.45, 2.75) is 64.0 Å². The number of piperidine rings is 1. The number of ether oxygens (including phenoxy) is 1. The van der Waals surface area contributed by atoms with Crippen LogP contribution in [0.3, 0.4) is 0 Å². The Morgan fingerprint density at radius 1 is 1.29 bits per heavy atom. The van der Waals surface area contributed by atoms with Crippen molar-refractivity contribution in [3.63, 3.8) is 0 Å². The Balaban J connectivity index is 1.16. The normalized spacial score (nSPS) is 24.5. The van der Waals surface area contributed by atoms with Crippen LogP contribution in [0.25, 0.3) is 0 Å². The first-order valence-corrected chi connectivity index (χ1v) is 11.6. The molecule has 0 radical (unpaired) electrons. The third-order valence-electron chi connectivity index (χ3n) is 7.42. The maximum absolute atomic E-state index is 11.5. The highest BCUT2D eigenvalue weighted by Gasteiger charge is 2.51. The van der Waals surface area contributed by atoms with E-state index in [0.29, 0.717) is 19.4 Å². The molecule has 7 nitrogen and oxygen atoms in total. The summed E-state index contributed by atoms with van der Waals surface area (Å²) in [4.78, 5) is 22.0. The average molecular weight is 428 g/mol. The number of benzene rings is 1. The summed E-state index contributed by atoms with van der Waals surface area (Å²) >= 11 is 0. The van der Waals surface area contributed by atoms with Gasteiger partial charge in [0.25, 0.3) is 0 Å². The molecule has 1 saturated carbocycles. The van der Waals surface area contributed by atoms with Gasteiger partial charge in [-0.2, -0.15) is 0 Å². The summed E-state index contributed by atoms with van der Waals surface area (Å²) in [5.74, 6) is 2.02. The molecule has 0 bridgehead atoms. The molecule has 31 heavy (non-hydrogen) atoms. The Morgan fingerprint density at radius 2 is 2.03 bits per heavy atom. The van der Waals surface area contributed by atoms with Crippen LogP contribution in [0.4, 0.5) is 0 Å². The maximum Gasteiger partial charge on any atom is 0.309 e. The molecule has 1 N–H and O–H groups in total. The largest absolute Gasteiger partial charge is 0.494 e. The second-order valence-corrected chi connectivity index (χ2v) is 10.0. The molecule has 1 aliphatic carbocycles. The third-order valence-corrected chi connectivity index (χ3v) is 7.42. The SMILES string of the molecule is CCOc1ccc(C2CC2)cc1CN1CC2(CC(N3CCC(C)(C(=O)O)CC3)=NO2)C1. The minimum Gasteiger partial charge on any atom is -0.494 e. The van der Waals surface area contributed by atoms with E-state index >= 15 is 0 Å². The molecular weight excluding hydrogens is 394 g/mol. The lowest BCUT2D eigenvalue weighted by atomic mass is 9.80. The van der Waals surface area contributed by atoms with Crippen LogP contribution in [-0.4, -0.2) is 65.1 Å². The number of oxime groups is 1. The van der Waals surface area contributed by atoms with E-state index in [1.807, 2.05) is 13.8 Å². The van der Waals surface area contributed by atoms with Crippen molar-refractivity contribution < 1.29 is 19.5 Å².